The number of ether oxygens (including phenoxy) is 1. The first-order chi connectivity index (χ1) is 5.70. The van der Waals surface area contributed by atoms with Gasteiger partial charge in [-0.05, 0) is 30.9 Å². The van der Waals surface area contributed by atoms with Gasteiger partial charge in [-0.1, -0.05) is 13.8 Å². The highest BCUT2D eigenvalue weighted by Gasteiger charge is 2.29. The fourth-order valence-electron chi connectivity index (χ4n) is 2.08. The van der Waals surface area contributed by atoms with Crippen molar-refractivity contribution >= 4 is 0 Å². The third-order valence-electron chi connectivity index (χ3n) is 2.89. The molecule has 0 spiro atoms. The molecule has 0 N–H and O–H groups in total. The second kappa shape index (κ2) is 2.65. The summed E-state index contributed by atoms with van der Waals surface area (Å²) in [6.45, 7) is 4.54. The van der Waals surface area contributed by atoms with Gasteiger partial charge in [-0.2, -0.15) is 0 Å². The van der Waals surface area contributed by atoms with Gasteiger partial charge in [0.25, 0.3) is 0 Å². The minimum absolute atomic E-state index is 0.244. The molecule has 1 aliphatic heterocycles. The Labute approximate surface area is 74.1 Å². The van der Waals surface area contributed by atoms with Crippen LogP contribution in [0.1, 0.15) is 39.5 Å². The Kier molecular flexibility index (Phi) is 1.75. The molecule has 0 aromatic heterocycles. The van der Waals surface area contributed by atoms with Crippen LogP contribution in [0.25, 0.3) is 0 Å². The zero-order valence-corrected chi connectivity index (χ0v) is 7.89. The zero-order chi connectivity index (χ0) is 8.60. The fourth-order valence-corrected chi connectivity index (χ4v) is 2.08. The largest absolute Gasteiger partial charge is 0.470 e. The van der Waals surface area contributed by atoms with Crippen molar-refractivity contribution in [3.8, 4) is 0 Å². The summed E-state index contributed by atoms with van der Waals surface area (Å²) in [5, 5.41) is 0. The van der Waals surface area contributed by atoms with Gasteiger partial charge in [-0.3, -0.25) is 0 Å². The van der Waals surface area contributed by atoms with E-state index >= 15 is 0 Å². The Morgan fingerprint density at radius 3 is 2.75 bits per heavy atom. The number of hydrogen-bond acceptors (Lipinski definition) is 1. The van der Waals surface area contributed by atoms with E-state index in [-0.39, 0.29) is 5.41 Å². The van der Waals surface area contributed by atoms with Gasteiger partial charge in [0.2, 0.25) is 0 Å². The highest BCUT2D eigenvalue weighted by molar-refractivity contribution is 5.27. The van der Waals surface area contributed by atoms with E-state index in [0.29, 0.717) is 0 Å². The average Bonchev–Trinajstić information content (AvgIpc) is 2.04. The molecule has 0 unspecified atom stereocenters. The van der Waals surface area contributed by atoms with Crippen molar-refractivity contribution < 1.29 is 4.74 Å². The number of allylic oxidation sites excluding steroid dienone is 3. The molecular formula is C11H16O. The summed E-state index contributed by atoms with van der Waals surface area (Å²) in [5.41, 5.74) is 1.77. The van der Waals surface area contributed by atoms with E-state index in [9.17, 15) is 0 Å². The van der Waals surface area contributed by atoms with Crippen LogP contribution in [0.15, 0.2) is 23.7 Å². The van der Waals surface area contributed by atoms with Crippen LogP contribution >= 0.6 is 0 Å². The van der Waals surface area contributed by atoms with Crippen LogP contribution in [0.4, 0.5) is 0 Å². The lowest BCUT2D eigenvalue weighted by Gasteiger charge is -2.33. The molecule has 1 aliphatic carbocycles. The normalized spacial score (nSPS) is 26.5. The molecule has 0 bridgehead atoms. The maximum Gasteiger partial charge on any atom is 0.103 e. The van der Waals surface area contributed by atoms with Gasteiger partial charge in [0.1, 0.15) is 5.76 Å². The van der Waals surface area contributed by atoms with Crippen molar-refractivity contribution in [2.75, 3.05) is 0 Å². The zero-order valence-electron chi connectivity index (χ0n) is 7.89. The smallest absolute Gasteiger partial charge is 0.103 e. The lowest BCUT2D eigenvalue weighted by Crippen LogP contribution is -2.20. The minimum Gasteiger partial charge on any atom is -0.470 e. The molecule has 0 saturated heterocycles. The first-order valence-electron chi connectivity index (χ1n) is 4.77. The van der Waals surface area contributed by atoms with Crippen LogP contribution in [-0.4, -0.2) is 0 Å². The average molecular weight is 164 g/mol. The van der Waals surface area contributed by atoms with E-state index in [1.54, 1.807) is 0 Å². The third-order valence-corrected chi connectivity index (χ3v) is 2.89. The molecule has 1 heterocycles. The van der Waals surface area contributed by atoms with Crippen molar-refractivity contribution in [2.24, 2.45) is 5.41 Å². The summed E-state index contributed by atoms with van der Waals surface area (Å²) in [5.74, 6) is 1.24. The molecule has 2 rings (SSSR count). The molecule has 0 saturated carbocycles. The van der Waals surface area contributed by atoms with Crippen molar-refractivity contribution in [1.29, 1.82) is 0 Å². The minimum atomic E-state index is 0.244. The van der Waals surface area contributed by atoms with Crippen molar-refractivity contribution in [2.45, 2.75) is 39.5 Å². The number of hydrogen-bond donors (Lipinski definition) is 0. The molecule has 0 amide bonds. The Bertz CT molecular complexity index is 246. The van der Waals surface area contributed by atoms with Gasteiger partial charge in [0.05, 0.1) is 6.26 Å². The van der Waals surface area contributed by atoms with E-state index in [1.165, 1.54) is 30.6 Å². The predicted molar refractivity (Wildman–Crippen MR) is 49.5 cm³/mol. The molecule has 0 aromatic carbocycles. The second-order valence-electron chi connectivity index (χ2n) is 4.25. The molecule has 0 radical (unpaired) electrons. The maximum absolute atomic E-state index is 5.52. The Hall–Kier alpha value is -0.720. The van der Waals surface area contributed by atoms with Crippen LogP contribution in [0.2, 0.25) is 0 Å². The van der Waals surface area contributed by atoms with Crippen LogP contribution in [-0.2, 0) is 4.74 Å². The molecule has 1 nitrogen and oxygen atoms in total. The first-order valence-corrected chi connectivity index (χ1v) is 4.77. The molecule has 0 atom stereocenters. The lowest BCUT2D eigenvalue weighted by atomic mass is 9.77. The van der Waals surface area contributed by atoms with Crippen molar-refractivity contribution in [3.05, 3.63) is 23.7 Å². The topological polar surface area (TPSA) is 9.23 Å². The van der Waals surface area contributed by atoms with Crippen LogP contribution in [0, 0.1) is 5.41 Å². The van der Waals surface area contributed by atoms with E-state index in [1.807, 2.05) is 6.26 Å². The lowest BCUT2D eigenvalue weighted by molar-refractivity contribution is 0.270. The first kappa shape index (κ1) is 7.90. The van der Waals surface area contributed by atoms with Gasteiger partial charge < -0.3 is 4.74 Å². The highest BCUT2D eigenvalue weighted by atomic mass is 16.5. The standard InChI is InChI=1S/C11H16O/c1-11(2)7-8-12-10-6-4-3-5-9(10)11/h7-8H,3-6H2,1-2H3. The van der Waals surface area contributed by atoms with Crippen LogP contribution in [0.3, 0.4) is 0 Å². The Morgan fingerprint density at radius 1 is 1.25 bits per heavy atom. The van der Waals surface area contributed by atoms with E-state index in [0.717, 1.165) is 6.42 Å². The summed E-state index contributed by atoms with van der Waals surface area (Å²) in [4.78, 5) is 0. The van der Waals surface area contributed by atoms with Crippen LogP contribution in [0.5, 0.6) is 0 Å². The number of rotatable bonds is 0. The highest BCUT2D eigenvalue weighted by Crippen LogP contribution is 2.41. The molecule has 0 aromatic rings. The Morgan fingerprint density at radius 2 is 2.00 bits per heavy atom. The van der Waals surface area contributed by atoms with Crippen LogP contribution < -0.4 is 0 Å². The van der Waals surface area contributed by atoms with Gasteiger partial charge in [-0.15, -0.1) is 0 Å². The second-order valence-corrected chi connectivity index (χ2v) is 4.25. The predicted octanol–water partition coefficient (Wildman–Crippen LogP) is 3.38. The van der Waals surface area contributed by atoms with Gasteiger partial charge in [0, 0.05) is 11.8 Å². The van der Waals surface area contributed by atoms with Crippen molar-refractivity contribution in [1.82, 2.24) is 0 Å². The fraction of sp³-hybridized carbons (Fsp3) is 0.636. The summed E-state index contributed by atoms with van der Waals surface area (Å²) in [6, 6.07) is 0. The molecule has 0 fully saturated rings. The molecule has 2 aliphatic rings. The summed E-state index contributed by atoms with van der Waals surface area (Å²) >= 11 is 0. The molecule has 66 valence electrons. The third kappa shape index (κ3) is 1.17. The monoisotopic (exact) mass is 164 g/mol. The van der Waals surface area contributed by atoms with Gasteiger partial charge in [-0.25, -0.2) is 0 Å². The van der Waals surface area contributed by atoms with Gasteiger partial charge >= 0.3 is 0 Å². The van der Waals surface area contributed by atoms with Gasteiger partial charge in [0.15, 0.2) is 0 Å². The van der Waals surface area contributed by atoms with E-state index < -0.39 is 0 Å². The maximum atomic E-state index is 5.52. The summed E-state index contributed by atoms with van der Waals surface area (Å²) < 4.78 is 5.52. The van der Waals surface area contributed by atoms with E-state index in [4.69, 9.17) is 4.74 Å². The molecule has 1 heteroatoms. The van der Waals surface area contributed by atoms with E-state index in [2.05, 4.69) is 19.9 Å². The summed E-state index contributed by atoms with van der Waals surface area (Å²) in [7, 11) is 0. The summed E-state index contributed by atoms with van der Waals surface area (Å²) in [6.07, 6.45) is 9.01. The Balaban J connectivity index is 2.33. The molecular weight excluding hydrogens is 148 g/mol. The van der Waals surface area contributed by atoms with Crippen molar-refractivity contribution in [3.63, 3.8) is 0 Å². The molecule has 12 heavy (non-hydrogen) atoms. The SMILES string of the molecule is CC1(C)C=COC2=C1CCCC2. The quantitative estimate of drug-likeness (QED) is 0.533.